The summed E-state index contributed by atoms with van der Waals surface area (Å²) in [4.78, 5) is 13.2. The van der Waals surface area contributed by atoms with Crippen molar-refractivity contribution in [2.45, 2.75) is 13.1 Å². The van der Waals surface area contributed by atoms with Crippen LogP contribution < -0.4 is 5.32 Å². The Kier molecular flexibility index (Phi) is 4.43. The van der Waals surface area contributed by atoms with Crippen LogP contribution in [0.4, 0.5) is 5.82 Å². The molecule has 0 aliphatic rings. The predicted molar refractivity (Wildman–Crippen MR) is 102 cm³/mol. The summed E-state index contributed by atoms with van der Waals surface area (Å²) in [5, 5.41) is 4.37. The first-order chi connectivity index (χ1) is 12.3. The average Bonchev–Trinajstić information content (AvgIpc) is 3.08. The Morgan fingerprint density at radius 2 is 1.88 bits per heavy atom. The van der Waals surface area contributed by atoms with E-state index in [1.54, 1.807) is 6.33 Å². The molecule has 0 spiro atoms. The minimum absolute atomic E-state index is 0.596. The molecule has 1 N–H and O–H groups in total. The number of anilines is 1. The number of fused-ring (bicyclic) bond motifs is 1. The molecule has 0 fully saturated rings. The molecule has 5 nitrogen and oxygen atoms in total. The quantitative estimate of drug-likeness (QED) is 0.550. The van der Waals surface area contributed by atoms with E-state index >= 15 is 0 Å². The van der Waals surface area contributed by atoms with Crippen LogP contribution in [0.3, 0.4) is 0 Å². The van der Waals surface area contributed by atoms with Gasteiger partial charge in [-0.1, -0.05) is 46.3 Å². The van der Waals surface area contributed by atoms with Crippen LogP contribution in [-0.2, 0) is 13.1 Å². The summed E-state index contributed by atoms with van der Waals surface area (Å²) >= 11 is 3.51. The topological polar surface area (TPSA) is 55.6 Å². The summed E-state index contributed by atoms with van der Waals surface area (Å²) in [7, 11) is 0. The van der Waals surface area contributed by atoms with Gasteiger partial charge in [0.25, 0.3) is 0 Å². The van der Waals surface area contributed by atoms with Gasteiger partial charge in [-0.25, -0.2) is 15.0 Å². The highest BCUT2D eigenvalue weighted by Gasteiger charge is 2.07. The average molecular weight is 394 g/mol. The van der Waals surface area contributed by atoms with Crippen LogP contribution in [0.15, 0.2) is 71.7 Å². The Bertz CT molecular complexity index is 997. The minimum Gasteiger partial charge on any atom is -0.362 e. The van der Waals surface area contributed by atoms with Crippen LogP contribution in [0, 0.1) is 0 Å². The van der Waals surface area contributed by atoms with Crippen LogP contribution in [0.5, 0.6) is 0 Å². The van der Waals surface area contributed by atoms with Gasteiger partial charge in [0.1, 0.15) is 18.0 Å². The number of nitrogens with one attached hydrogen (secondary N) is 1. The lowest BCUT2D eigenvalue weighted by Gasteiger charge is -2.11. The fourth-order valence-electron chi connectivity index (χ4n) is 2.76. The second kappa shape index (κ2) is 7.03. The number of halogens is 1. The van der Waals surface area contributed by atoms with Gasteiger partial charge in [0, 0.05) is 28.8 Å². The van der Waals surface area contributed by atoms with Gasteiger partial charge in [-0.05, 0) is 23.8 Å². The molecule has 0 unspecified atom stereocenters. The van der Waals surface area contributed by atoms with Gasteiger partial charge < -0.3 is 9.88 Å². The Morgan fingerprint density at radius 1 is 1.00 bits per heavy atom. The molecule has 4 rings (SSSR count). The Hall–Kier alpha value is -2.73. The number of aromatic nitrogens is 4. The van der Waals surface area contributed by atoms with E-state index in [1.807, 2.05) is 36.7 Å². The molecule has 4 aromatic rings. The van der Waals surface area contributed by atoms with Gasteiger partial charge >= 0.3 is 0 Å². The Balaban J connectivity index is 1.55. The maximum absolute atomic E-state index is 4.47. The molecule has 0 amide bonds. The van der Waals surface area contributed by atoms with Crippen molar-refractivity contribution < 1.29 is 0 Å². The lowest BCUT2D eigenvalue weighted by atomic mass is 10.2. The number of nitrogens with zero attached hydrogens (tertiary/aromatic N) is 4. The molecule has 0 bridgehead atoms. The molecule has 0 saturated carbocycles. The molecule has 2 heterocycles. The second-order valence-electron chi connectivity index (χ2n) is 5.69. The fraction of sp³-hybridized carbons (Fsp3) is 0.105. The summed E-state index contributed by atoms with van der Waals surface area (Å²) in [5.74, 6) is 1.77. The fourth-order valence-corrected chi connectivity index (χ4v) is 3.12. The van der Waals surface area contributed by atoms with Crippen LogP contribution in [0.2, 0.25) is 0 Å². The van der Waals surface area contributed by atoms with E-state index in [0.29, 0.717) is 6.54 Å². The van der Waals surface area contributed by atoms with Crippen LogP contribution in [0.1, 0.15) is 11.4 Å². The summed E-state index contributed by atoms with van der Waals surface area (Å²) in [6.45, 7) is 1.40. The third kappa shape index (κ3) is 3.53. The normalized spacial score (nSPS) is 10.9. The third-order valence-corrected chi connectivity index (χ3v) is 4.50. The number of imidazole rings is 1. The highest BCUT2D eigenvalue weighted by Crippen LogP contribution is 2.23. The highest BCUT2D eigenvalue weighted by molar-refractivity contribution is 9.10. The van der Waals surface area contributed by atoms with Crippen molar-refractivity contribution in [2.75, 3.05) is 5.32 Å². The monoisotopic (exact) mass is 393 g/mol. The summed E-state index contributed by atoms with van der Waals surface area (Å²) in [6.07, 6.45) is 5.41. The first-order valence-corrected chi connectivity index (χ1v) is 8.77. The van der Waals surface area contributed by atoms with Gasteiger partial charge in [-0.15, -0.1) is 0 Å². The maximum Gasteiger partial charge on any atom is 0.137 e. The van der Waals surface area contributed by atoms with E-state index < -0.39 is 0 Å². The van der Waals surface area contributed by atoms with Gasteiger partial charge in [-0.2, -0.15) is 0 Å². The van der Waals surface area contributed by atoms with Crippen molar-refractivity contribution in [3.05, 3.63) is 83.1 Å². The number of hydrogen-bond acceptors (Lipinski definition) is 4. The Labute approximate surface area is 153 Å². The molecule has 2 aromatic heterocycles. The van der Waals surface area contributed by atoms with Crippen molar-refractivity contribution in [1.29, 1.82) is 0 Å². The molecular weight excluding hydrogens is 378 g/mol. The number of hydrogen-bond donors (Lipinski definition) is 1. The SMILES string of the molecule is Brc1ccc2ncnc(NCc3nccn3Cc3ccccc3)c2c1. The van der Waals surface area contributed by atoms with Crippen LogP contribution in [-0.4, -0.2) is 19.5 Å². The molecule has 2 aromatic carbocycles. The molecule has 6 heteroatoms. The largest absolute Gasteiger partial charge is 0.362 e. The van der Waals surface area contributed by atoms with E-state index in [-0.39, 0.29) is 0 Å². The molecule has 0 aliphatic carbocycles. The lowest BCUT2D eigenvalue weighted by molar-refractivity contribution is 0.734. The molecule has 0 radical (unpaired) electrons. The Morgan fingerprint density at radius 3 is 2.76 bits per heavy atom. The molecule has 0 aliphatic heterocycles. The molecule has 25 heavy (non-hydrogen) atoms. The van der Waals surface area contributed by atoms with Crippen molar-refractivity contribution in [1.82, 2.24) is 19.5 Å². The smallest absolute Gasteiger partial charge is 0.137 e. The van der Waals surface area contributed by atoms with Gasteiger partial charge in [0.15, 0.2) is 0 Å². The summed E-state index contributed by atoms with van der Waals surface area (Å²) in [6, 6.07) is 16.3. The van der Waals surface area contributed by atoms with Crippen molar-refractivity contribution in [2.24, 2.45) is 0 Å². The van der Waals surface area contributed by atoms with E-state index in [0.717, 1.165) is 33.6 Å². The number of rotatable bonds is 5. The zero-order valence-electron chi connectivity index (χ0n) is 13.4. The standard InChI is InChI=1S/C19H16BrN5/c20-15-6-7-17-16(10-15)19(24-13-23-17)22-11-18-21-8-9-25(18)12-14-4-2-1-3-5-14/h1-10,13H,11-12H2,(H,22,23,24). The first kappa shape index (κ1) is 15.8. The van der Waals surface area contributed by atoms with Crippen molar-refractivity contribution in [3.63, 3.8) is 0 Å². The zero-order chi connectivity index (χ0) is 17.1. The predicted octanol–water partition coefficient (Wildman–Crippen LogP) is 4.25. The van der Waals surface area contributed by atoms with Crippen LogP contribution >= 0.6 is 15.9 Å². The lowest BCUT2D eigenvalue weighted by Crippen LogP contribution is -2.10. The van der Waals surface area contributed by atoms with E-state index in [4.69, 9.17) is 0 Å². The molecule has 0 atom stereocenters. The van der Waals surface area contributed by atoms with Gasteiger partial charge in [0.05, 0.1) is 12.1 Å². The molecular formula is C19H16BrN5. The second-order valence-corrected chi connectivity index (χ2v) is 6.61. The first-order valence-electron chi connectivity index (χ1n) is 7.98. The van der Waals surface area contributed by atoms with Crippen molar-refractivity contribution in [3.8, 4) is 0 Å². The van der Waals surface area contributed by atoms with E-state index in [1.165, 1.54) is 5.56 Å². The zero-order valence-corrected chi connectivity index (χ0v) is 15.0. The third-order valence-electron chi connectivity index (χ3n) is 4.01. The maximum atomic E-state index is 4.47. The van der Waals surface area contributed by atoms with E-state index in [9.17, 15) is 0 Å². The van der Waals surface area contributed by atoms with Gasteiger partial charge in [-0.3, -0.25) is 0 Å². The molecule has 124 valence electrons. The van der Waals surface area contributed by atoms with E-state index in [2.05, 4.69) is 65.0 Å². The molecule has 0 saturated heterocycles. The summed E-state index contributed by atoms with van der Waals surface area (Å²) < 4.78 is 3.14. The highest BCUT2D eigenvalue weighted by atomic mass is 79.9. The van der Waals surface area contributed by atoms with Gasteiger partial charge in [0.2, 0.25) is 0 Å². The number of benzene rings is 2. The minimum atomic E-state index is 0.596. The van der Waals surface area contributed by atoms with Crippen LogP contribution in [0.25, 0.3) is 10.9 Å². The van der Waals surface area contributed by atoms with Crippen molar-refractivity contribution >= 4 is 32.7 Å². The summed E-state index contributed by atoms with van der Waals surface area (Å²) in [5.41, 5.74) is 2.16.